The third-order valence-corrected chi connectivity index (χ3v) is 4.19. The van der Waals surface area contributed by atoms with Gasteiger partial charge in [-0.3, -0.25) is 0 Å². The fraction of sp³-hybridized carbons (Fsp3) is 0.412. The Labute approximate surface area is 120 Å². The monoisotopic (exact) mass is 270 g/mol. The summed E-state index contributed by atoms with van der Waals surface area (Å²) in [6, 6.07) is 10.4. The zero-order chi connectivity index (χ0) is 14.0. The maximum atomic E-state index is 10.9. The standard InChI is InChI=1S/C17H22N2O/c1-19-10-8-14(12-19)11-18-13-17(20)9-4-6-15-5-2-3-7-16(15)17/h2-3,5,7-8,10,12,18,20H,4,6,9,11,13H2,1H3. The van der Waals surface area contributed by atoms with Crippen LogP contribution >= 0.6 is 0 Å². The highest BCUT2D eigenvalue weighted by Crippen LogP contribution is 2.34. The van der Waals surface area contributed by atoms with Crippen LogP contribution in [0.25, 0.3) is 0 Å². The molecule has 2 N–H and O–H groups in total. The second kappa shape index (κ2) is 5.43. The van der Waals surface area contributed by atoms with Crippen LogP contribution < -0.4 is 5.32 Å². The summed E-state index contributed by atoms with van der Waals surface area (Å²) in [5, 5.41) is 14.3. The van der Waals surface area contributed by atoms with E-state index in [0.717, 1.165) is 31.4 Å². The Morgan fingerprint density at radius 1 is 1.30 bits per heavy atom. The second-order valence-electron chi connectivity index (χ2n) is 5.83. The van der Waals surface area contributed by atoms with Crippen molar-refractivity contribution < 1.29 is 5.11 Å². The first-order valence-corrected chi connectivity index (χ1v) is 7.30. The molecule has 1 aliphatic rings. The van der Waals surface area contributed by atoms with Crippen LogP contribution in [0, 0.1) is 0 Å². The van der Waals surface area contributed by atoms with Crippen LogP contribution in [0.1, 0.15) is 29.5 Å². The number of hydrogen-bond acceptors (Lipinski definition) is 2. The number of rotatable bonds is 4. The number of aliphatic hydroxyl groups is 1. The number of aromatic nitrogens is 1. The lowest BCUT2D eigenvalue weighted by Crippen LogP contribution is -2.40. The third-order valence-electron chi connectivity index (χ3n) is 4.19. The van der Waals surface area contributed by atoms with Gasteiger partial charge >= 0.3 is 0 Å². The van der Waals surface area contributed by atoms with E-state index in [1.54, 1.807) is 0 Å². The zero-order valence-electron chi connectivity index (χ0n) is 12.0. The number of hydrogen-bond donors (Lipinski definition) is 2. The summed E-state index contributed by atoms with van der Waals surface area (Å²) in [4.78, 5) is 0. The van der Waals surface area contributed by atoms with Crippen LogP contribution in [-0.2, 0) is 25.6 Å². The molecule has 0 saturated carbocycles. The van der Waals surface area contributed by atoms with Gasteiger partial charge in [-0.05, 0) is 42.0 Å². The summed E-state index contributed by atoms with van der Waals surface area (Å²) in [7, 11) is 2.02. The van der Waals surface area contributed by atoms with Crippen LogP contribution in [0.4, 0.5) is 0 Å². The van der Waals surface area contributed by atoms with Crippen molar-refractivity contribution in [1.82, 2.24) is 9.88 Å². The molecule has 1 aromatic heterocycles. The topological polar surface area (TPSA) is 37.2 Å². The molecule has 0 amide bonds. The molecule has 0 spiro atoms. The molecule has 1 heterocycles. The number of nitrogens with one attached hydrogen (secondary N) is 1. The Morgan fingerprint density at radius 3 is 2.95 bits per heavy atom. The summed E-state index contributed by atoms with van der Waals surface area (Å²) < 4.78 is 2.04. The first-order valence-electron chi connectivity index (χ1n) is 7.30. The molecule has 0 fully saturated rings. The molecule has 0 radical (unpaired) electrons. The Morgan fingerprint density at radius 2 is 2.15 bits per heavy atom. The van der Waals surface area contributed by atoms with E-state index in [2.05, 4.69) is 35.8 Å². The number of benzene rings is 1. The Balaban J connectivity index is 1.68. The molecule has 3 nitrogen and oxygen atoms in total. The van der Waals surface area contributed by atoms with Gasteiger partial charge in [-0.2, -0.15) is 0 Å². The van der Waals surface area contributed by atoms with E-state index in [1.165, 1.54) is 11.1 Å². The predicted molar refractivity (Wildman–Crippen MR) is 80.4 cm³/mol. The van der Waals surface area contributed by atoms with Crippen molar-refractivity contribution in [3.05, 3.63) is 59.4 Å². The Hall–Kier alpha value is -1.58. The van der Waals surface area contributed by atoms with E-state index in [9.17, 15) is 5.11 Å². The van der Waals surface area contributed by atoms with Gasteiger partial charge in [-0.15, -0.1) is 0 Å². The average Bonchev–Trinajstić information content (AvgIpc) is 2.85. The van der Waals surface area contributed by atoms with Gasteiger partial charge in [-0.25, -0.2) is 0 Å². The summed E-state index contributed by atoms with van der Waals surface area (Å²) in [6.07, 6.45) is 7.12. The van der Waals surface area contributed by atoms with E-state index in [1.807, 2.05) is 23.9 Å². The van der Waals surface area contributed by atoms with E-state index in [-0.39, 0.29) is 0 Å². The van der Waals surface area contributed by atoms with Crippen molar-refractivity contribution in [3.63, 3.8) is 0 Å². The van der Waals surface area contributed by atoms with E-state index >= 15 is 0 Å². The van der Waals surface area contributed by atoms with Crippen molar-refractivity contribution in [2.75, 3.05) is 6.54 Å². The molecular weight excluding hydrogens is 248 g/mol. The van der Waals surface area contributed by atoms with Crippen molar-refractivity contribution in [3.8, 4) is 0 Å². The van der Waals surface area contributed by atoms with Gasteiger partial charge in [0.1, 0.15) is 5.60 Å². The quantitative estimate of drug-likeness (QED) is 0.895. The SMILES string of the molecule is Cn1ccc(CNCC2(O)CCCc3ccccc32)c1. The van der Waals surface area contributed by atoms with E-state index in [0.29, 0.717) is 6.54 Å². The fourth-order valence-electron chi connectivity index (χ4n) is 3.16. The predicted octanol–water partition coefficient (Wildman–Crippen LogP) is 2.34. The summed E-state index contributed by atoms with van der Waals surface area (Å²) in [6.45, 7) is 1.41. The molecule has 3 heteroatoms. The van der Waals surface area contributed by atoms with E-state index < -0.39 is 5.60 Å². The third kappa shape index (κ3) is 2.65. The minimum atomic E-state index is -0.719. The summed E-state index contributed by atoms with van der Waals surface area (Å²) in [5.41, 5.74) is 2.93. The molecule has 3 rings (SSSR count). The van der Waals surface area contributed by atoms with Crippen LogP contribution in [0.2, 0.25) is 0 Å². The average molecular weight is 270 g/mol. The first-order chi connectivity index (χ1) is 9.67. The van der Waals surface area contributed by atoms with Gasteiger partial charge in [0, 0.05) is 32.5 Å². The molecule has 1 atom stereocenters. The molecule has 20 heavy (non-hydrogen) atoms. The molecule has 2 aromatic rings. The summed E-state index contributed by atoms with van der Waals surface area (Å²) >= 11 is 0. The normalized spacial score (nSPS) is 21.7. The lowest BCUT2D eigenvalue weighted by atomic mass is 9.79. The van der Waals surface area contributed by atoms with Gasteiger partial charge in [0.15, 0.2) is 0 Å². The van der Waals surface area contributed by atoms with Crippen molar-refractivity contribution in [1.29, 1.82) is 0 Å². The van der Waals surface area contributed by atoms with Gasteiger partial charge in [0.2, 0.25) is 0 Å². The highest BCUT2D eigenvalue weighted by Gasteiger charge is 2.33. The van der Waals surface area contributed by atoms with Gasteiger partial charge in [0.05, 0.1) is 0 Å². The Kier molecular flexibility index (Phi) is 3.64. The van der Waals surface area contributed by atoms with Crippen LogP contribution in [0.15, 0.2) is 42.7 Å². The number of aryl methyl sites for hydroxylation is 2. The van der Waals surface area contributed by atoms with E-state index in [4.69, 9.17) is 0 Å². The lowest BCUT2D eigenvalue weighted by molar-refractivity contribution is 0.0189. The largest absolute Gasteiger partial charge is 0.384 e. The highest BCUT2D eigenvalue weighted by atomic mass is 16.3. The minimum Gasteiger partial charge on any atom is -0.384 e. The molecule has 106 valence electrons. The fourth-order valence-corrected chi connectivity index (χ4v) is 3.16. The Bertz CT molecular complexity index is 590. The molecule has 1 aliphatic carbocycles. The van der Waals surface area contributed by atoms with Crippen molar-refractivity contribution in [2.45, 2.75) is 31.4 Å². The molecular formula is C17H22N2O. The highest BCUT2D eigenvalue weighted by molar-refractivity contribution is 5.35. The zero-order valence-corrected chi connectivity index (χ0v) is 12.0. The van der Waals surface area contributed by atoms with Crippen molar-refractivity contribution >= 4 is 0 Å². The summed E-state index contributed by atoms with van der Waals surface area (Å²) in [5.74, 6) is 0. The van der Waals surface area contributed by atoms with Gasteiger partial charge in [-0.1, -0.05) is 24.3 Å². The van der Waals surface area contributed by atoms with Crippen LogP contribution in [0.3, 0.4) is 0 Å². The number of nitrogens with zero attached hydrogens (tertiary/aromatic N) is 1. The molecule has 0 aliphatic heterocycles. The maximum absolute atomic E-state index is 10.9. The van der Waals surface area contributed by atoms with Crippen LogP contribution in [-0.4, -0.2) is 16.2 Å². The molecule has 1 aromatic carbocycles. The molecule has 0 saturated heterocycles. The van der Waals surface area contributed by atoms with Gasteiger partial charge < -0.3 is 15.0 Å². The lowest BCUT2D eigenvalue weighted by Gasteiger charge is -2.34. The number of fused-ring (bicyclic) bond motifs is 1. The second-order valence-corrected chi connectivity index (χ2v) is 5.83. The minimum absolute atomic E-state index is 0.610. The molecule has 0 bridgehead atoms. The van der Waals surface area contributed by atoms with Gasteiger partial charge in [0.25, 0.3) is 0 Å². The van der Waals surface area contributed by atoms with Crippen LogP contribution in [0.5, 0.6) is 0 Å². The first kappa shape index (κ1) is 13.4. The van der Waals surface area contributed by atoms with Crippen molar-refractivity contribution in [2.24, 2.45) is 7.05 Å². The molecule has 1 unspecified atom stereocenters. The smallest absolute Gasteiger partial charge is 0.102 e. The maximum Gasteiger partial charge on any atom is 0.102 e.